The fourth-order valence-electron chi connectivity index (χ4n) is 3.87. The maximum absolute atomic E-state index is 12.4. The SMILES string of the molecule is CCCCCc1ccc(OC(=O)[C@H]2CC[C@H](CCCCC)CC2)cc1. The van der Waals surface area contributed by atoms with Gasteiger partial charge in [-0.3, -0.25) is 4.79 Å². The Morgan fingerprint density at radius 1 is 0.920 bits per heavy atom. The minimum Gasteiger partial charge on any atom is -0.426 e. The van der Waals surface area contributed by atoms with Crippen LogP contribution in [0, 0.1) is 11.8 Å². The van der Waals surface area contributed by atoms with Crippen LogP contribution in [0.1, 0.15) is 90.0 Å². The van der Waals surface area contributed by atoms with Gasteiger partial charge in [-0.2, -0.15) is 0 Å². The summed E-state index contributed by atoms with van der Waals surface area (Å²) in [6.45, 7) is 4.48. The predicted molar refractivity (Wildman–Crippen MR) is 105 cm³/mol. The zero-order valence-electron chi connectivity index (χ0n) is 16.3. The van der Waals surface area contributed by atoms with Gasteiger partial charge in [0, 0.05) is 0 Å². The molecule has 1 aliphatic rings. The molecule has 1 aromatic carbocycles. The highest BCUT2D eigenvalue weighted by atomic mass is 16.5. The van der Waals surface area contributed by atoms with Crippen LogP contribution in [-0.4, -0.2) is 5.97 Å². The van der Waals surface area contributed by atoms with Crippen molar-refractivity contribution in [1.82, 2.24) is 0 Å². The van der Waals surface area contributed by atoms with E-state index in [9.17, 15) is 4.79 Å². The van der Waals surface area contributed by atoms with Crippen molar-refractivity contribution in [3.05, 3.63) is 29.8 Å². The van der Waals surface area contributed by atoms with Gasteiger partial charge in [-0.05, 0) is 62.1 Å². The number of carbonyl (C=O) groups is 1. The average molecular weight is 345 g/mol. The molecule has 0 saturated heterocycles. The van der Waals surface area contributed by atoms with Gasteiger partial charge in [0.25, 0.3) is 0 Å². The molecule has 25 heavy (non-hydrogen) atoms. The summed E-state index contributed by atoms with van der Waals surface area (Å²) in [6, 6.07) is 8.11. The second-order valence-electron chi connectivity index (χ2n) is 7.74. The van der Waals surface area contributed by atoms with Crippen LogP contribution < -0.4 is 4.74 Å². The summed E-state index contributed by atoms with van der Waals surface area (Å²) in [5.41, 5.74) is 1.33. The number of rotatable bonds is 10. The van der Waals surface area contributed by atoms with E-state index in [0.717, 1.165) is 25.2 Å². The molecule has 1 fully saturated rings. The van der Waals surface area contributed by atoms with E-state index in [1.807, 2.05) is 12.1 Å². The number of ether oxygens (including phenoxy) is 1. The van der Waals surface area contributed by atoms with Crippen molar-refractivity contribution in [3.63, 3.8) is 0 Å². The first-order chi connectivity index (χ1) is 12.2. The van der Waals surface area contributed by atoms with Gasteiger partial charge in [0.15, 0.2) is 0 Å². The van der Waals surface area contributed by atoms with Crippen LogP contribution in [0.3, 0.4) is 0 Å². The Labute approximate surface area is 154 Å². The molecular weight excluding hydrogens is 308 g/mol. The Morgan fingerprint density at radius 2 is 1.56 bits per heavy atom. The molecule has 0 radical (unpaired) electrons. The quantitative estimate of drug-likeness (QED) is 0.268. The smallest absolute Gasteiger partial charge is 0.314 e. The molecule has 0 atom stereocenters. The van der Waals surface area contributed by atoms with E-state index in [1.54, 1.807) is 0 Å². The maximum Gasteiger partial charge on any atom is 0.314 e. The van der Waals surface area contributed by atoms with Gasteiger partial charge in [0.2, 0.25) is 0 Å². The number of aryl methyl sites for hydroxylation is 1. The van der Waals surface area contributed by atoms with E-state index in [1.165, 1.54) is 63.4 Å². The number of unbranched alkanes of at least 4 members (excludes halogenated alkanes) is 4. The average Bonchev–Trinajstić information content (AvgIpc) is 2.64. The molecule has 0 spiro atoms. The first-order valence-electron chi connectivity index (χ1n) is 10.5. The summed E-state index contributed by atoms with van der Waals surface area (Å²) in [4.78, 5) is 12.4. The highest BCUT2D eigenvalue weighted by Crippen LogP contribution is 2.33. The molecule has 2 rings (SSSR count). The fraction of sp³-hybridized carbons (Fsp3) is 0.696. The Morgan fingerprint density at radius 3 is 2.20 bits per heavy atom. The lowest BCUT2D eigenvalue weighted by Gasteiger charge is -2.27. The first kappa shape index (κ1) is 20.0. The van der Waals surface area contributed by atoms with E-state index in [4.69, 9.17) is 4.74 Å². The Hall–Kier alpha value is -1.31. The second kappa shape index (κ2) is 11.3. The molecule has 0 amide bonds. The largest absolute Gasteiger partial charge is 0.426 e. The topological polar surface area (TPSA) is 26.3 Å². The summed E-state index contributed by atoms with van der Waals surface area (Å²) in [6.07, 6.45) is 14.6. The van der Waals surface area contributed by atoms with Gasteiger partial charge < -0.3 is 4.74 Å². The number of hydrogen-bond acceptors (Lipinski definition) is 2. The summed E-state index contributed by atoms with van der Waals surface area (Å²) in [7, 11) is 0. The first-order valence-corrected chi connectivity index (χ1v) is 10.5. The molecule has 0 aromatic heterocycles. The molecule has 140 valence electrons. The highest BCUT2D eigenvalue weighted by molar-refractivity contribution is 5.75. The van der Waals surface area contributed by atoms with Crippen LogP contribution in [0.15, 0.2) is 24.3 Å². The molecule has 1 saturated carbocycles. The lowest BCUT2D eigenvalue weighted by molar-refractivity contribution is -0.140. The van der Waals surface area contributed by atoms with Crippen molar-refractivity contribution in [2.24, 2.45) is 11.8 Å². The summed E-state index contributed by atoms with van der Waals surface area (Å²) in [5, 5.41) is 0. The Balaban J connectivity index is 1.71. The molecule has 0 N–H and O–H groups in total. The lowest BCUT2D eigenvalue weighted by atomic mass is 9.80. The van der Waals surface area contributed by atoms with Crippen LogP contribution in [0.25, 0.3) is 0 Å². The third-order valence-corrected chi connectivity index (χ3v) is 5.61. The molecule has 0 aliphatic heterocycles. The fourth-order valence-corrected chi connectivity index (χ4v) is 3.87. The van der Waals surface area contributed by atoms with Crippen molar-refractivity contribution in [2.75, 3.05) is 0 Å². The van der Waals surface area contributed by atoms with Crippen LogP contribution in [0.2, 0.25) is 0 Å². The summed E-state index contributed by atoms with van der Waals surface area (Å²) in [5.74, 6) is 1.62. The van der Waals surface area contributed by atoms with Crippen molar-refractivity contribution in [2.45, 2.75) is 90.9 Å². The van der Waals surface area contributed by atoms with Crippen LogP contribution in [-0.2, 0) is 11.2 Å². The molecule has 1 aliphatic carbocycles. The minimum absolute atomic E-state index is 0.0225. The standard InChI is InChI=1S/C23H36O2/c1-3-5-7-9-19-11-15-21(16-12-19)23(24)25-22-17-13-20(14-18-22)10-8-6-4-2/h13-14,17-19,21H,3-12,15-16H2,1-2H3/t19-,21-. The van der Waals surface area contributed by atoms with Crippen molar-refractivity contribution in [3.8, 4) is 5.75 Å². The predicted octanol–water partition coefficient (Wildman–Crippen LogP) is 6.71. The molecule has 0 unspecified atom stereocenters. The Bertz CT molecular complexity index is 483. The molecular formula is C23H36O2. The molecule has 0 heterocycles. The van der Waals surface area contributed by atoms with Gasteiger partial charge in [0.1, 0.15) is 5.75 Å². The Kier molecular flexibility index (Phi) is 9.07. The van der Waals surface area contributed by atoms with Crippen LogP contribution in [0.4, 0.5) is 0 Å². The number of benzene rings is 1. The second-order valence-corrected chi connectivity index (χ2v) is 7.74. The third kappa shape index (κ3) is 7.22. The molecule has 0 bridgehead atoms. The maximum atomic E-state index is 12.4. The van der Waals surface area contributed by atoms with Gasteiger partial charge in [-0.25, -0.2) is 0 Å². The van der Waals surface area contributed by atoms with E-state index in [-0.39, 0.29) is 11.9 Å². The molecule has 1 aromatic rings. The van der Waals surface area contributed by atoms with Gasteiger partial charge in [-0.1, -0.05) is 64.5 Å². The lowest BCUT2D eigenvalue weighted by Crippen LogP contribution is -2.25. The van der Waals surface area contributed by atoms with E-state index < -0.39 is 0 Å². The van der Waals surface area contributed by atoms with E-state index in [0.29, 0.717) is 5.75 Å². The number of esters is 1. The normalized spacial score (nSPS) is 20.4. The monoisotopic (exact) mass is 344 g/mol. The van der Waals surface area contributed by atoms with Gasteiger partial charge in [0.05, 0.1) is 5.92 Å². The van der Waals surface area contributed by atoms with Crippen molar-refractivity contribution in [1.29, 1.82) is 0 Å². The van der Waals surface area contributed by atoms with Crippen LogP contribution in [0.5, 0.6) is 5.75 Å². The number of hydrogen-bond donors (Lipinski definition) is 0. The molecule has 2 heteroatoms. The van der Waals surface area contributed by atoms with Gasteiger partial charge >= 0.3 is 5.97 Å². The zero-order valence-corrected chi connectivity index (χ0v) is 16.3. The van der Waals surface area contributed by atoms with Crippen molar-refractivity contribution < 1.29 is 9.53 Å². The number of carbonyl (C=O) groups excluding carboxylic acids is 1. The molecule has 2 nitrogen and oxygen atoms in total. The summed E-state index contributed by atoms with van der Waals surface area (Å²) < 4.78 is 5.63. The van der Waals surface area contributed by atoms with Crippen LogP contribution >= 0.6 is 0 Å². The highest BCUT2D eigenvalue weighted by Gasteiger charge is 2.27. The zero-order chi connectivity index (χ0) is 17.9. The third-order valence-electron chi connectivity index (χ3n) is 5.61. The summed E-state index contributed by atoms with van der Waals surface area (Å²) >= 11 is 0. The minimum atomic E-state index is -0.0225. The van der Waals surface area contributed by atoms with E-state index >= 15 is 0 Å². The van der Waals surface area contributed by atoms with Gasteiger partial charge in [-0.15, -0.1) is 0 Å². The van der Waals surface area contributed by atoms with Crippen molar-refractivity contribution >= 4 is 5.97 Å². The van der Waals surface area contributed by atoms with E-state index in [2.05, 4.69) is 26.0 Å².